The van der Waals surface area contributed by atoms with Crippen molar-refractivity contribution in [1.29, 1.82) is 5.26 Å². The maximum Gasteiger partial charge on any atom is 0.164 e. The van der Waals surface area contributed by atoms with E-state index in [1.54, 1.807) is 0 Å². The molecule has 0 aliphatic heterocycles. The van der Waals surface area contributed by atoms with Gasteiger partial charge in [0.05, 0.1) is 50.8 Å². The summed E-state index contributed by atoms with van der Waals surface area (Å²) in [5, 5.41) is 14.6. The molecule has 20 rings (SSSR count). The maximum absolute atomic E-state index is 11.1. The van der Waals surface area contributed by atoms with E-state index in [-0.39, 0.29) is 0 Å². The lowest BCUT2D eigenvalue weighted by atomic mass is 10.0. The third-order valence-corrected chi connectivity index (χ3v) is 20.0. The maximum atomic E-state index is 11.1. The lowest BCUT2D eigenvalue weighted by Gasteiger charge is -2.18. The Hall–Kier alpha value is -15.9. The van der Waals surface area contributed by atoms with Crippen LogP contribution in [0.15, 0.2) is 352 Å². The predicted octanol–water partition coefficient (Wildman–Crippen LogP) is 21.6. The Kier molecular flexibility index (Phi) is 16.5. The van der Waals surface area contributed by atoms with Crippen LogP contribution in [-0.4, -0.2) is 73.9 Å². The Morgan fingerprint density at radius 3 is 0.679 bits per heavy atom. The van der Waals surface area contributed by atoms with Crippen LogP contribution in [-0.2, 0) is 0 Å². The Balaban J connectivity index is 0.812. The zero-order valence-corrected chi connectivity index (χ0v) is 59.6. The number of hydrogen-bond donors (Lipinski definition) is 0. The van der Waals surface area contributed by atoms with Crippen molar-refractivity contribution < 1.29 is 0 Å². The highest BCUT2D eigenvalue weighted by Gasteiger charge is 2.26. The number of nitriles is 1. The third kappa shape index (κ3) is 12.3. The van der Waals surface area contributed by atoms with Gasteiger partial charge in [0.1, 0.15) is 0 Å². The Labute approximate surface area is 641 Å². The summed E-state index contributed by atoms with van der Waals surface area (Å²) >= 11 is 0. The van der Waals surface area contributed by atoms with Crippen LogP contribution in [0.3, 0.4) is 0 Å². The second-order valence-corrected chi connectivity index (χ2v) is 27.0. The van der Waals surface area contributed by atoms with Gasteiger partial charge in [-0.1, -0.05) is 243 Å². The lowest BCUT2D eigenvalue weighted by molar-refractivity contribution is 1.07. The molecular weight excluding hydrogens is 1380 g/mol. The van der Waals surface area contributed by atoms with Gasteiger partial charge in [-0.15, -0.1) is 0 Å². The average molecular weight is 1440 g/mol. The minimum Gasteiger partial charge on any atom is -0.309 e. The fraction of sp³-hybridized carbons (Fsp3) is 0. The Morgan fingerprint density at radius 1 is 0.205 bits per heavy atom. The number of benzene rings is 13. The van der Waals surface area contributed by atoms with E-state index in [0.29, 0.717) is 86.7 Å². The van der Waals surface area contributed by atoms with Crippen LogP contribution in [0.2, 0.25) is 0 Å². The van der Waals surface area contributed by atoms with Gasteiger partial charge in [-0.25, -0.2) is 59.8 Å². The van der Waals surface area contributed by atoms with Crippen molar-refractivity contribution >= 4 is 43.6 Å². The average Bonchev–Trinajstić information content (AvgIpc) is 1.55. The van der Waals surface area contributed by atoms with Crippen molar-refractivity contribution in [2.45, 2.75) is 0 Å². The number of fused-ring (bicyclic) bond motifs is 6. The van der Waals surface area contributed by atoms with Gasteiger partial charge in [0.2, 0.25) is 0 Å². The van der Waals surface area contributed by atoms with E-state index in [9.17, 15) is 5.26 Å². The van der Waals surface area contributed by atoms with Crippen molar-refractivity contribution in [2.24, 2.45) is 0 Å². The molecule has 7 heterocycles. The summed E-state index contributed by atoms with van der Waals surface area (Å²) in [6, 6.07) is 118. The third-order valence-electron chi connectivity index (χ3n) is 20.0. The summed E-state index contributed by atoms with van der Waals surface area (Å²) in [5.74, 6) is 6.33. The SMILES string of the molecule is N#Cc1ccc(-n2c3ccc(-c4nc(-c5ccccc5)nc(-c5ccccc5)n4)cc3c3cc(-c4nc(-c5ccccc5)nc(-c5ccccc5)n4)ccc32)c(-c2ncccc2-n2c3ccc(-c4nc(-c5ccccc5)nc(-c5ccccc5)n4)cc3c3cc(-c4nc(-c5ccccc5)nc(-c5ccccc5)n4)ccc32)c1. The first-order chi connectivity index (χ1) is 55.4. The molecule has 0 aliphatic rings. The molecule has 16 heteroatoms. The van der Waals surface area contributed by atoms with Crippen LogP contribution in [0.1, 0.15) is 5.56 Å². The molecule has 0 spiro atoms. The van der Waals surface area contributed by atoms with Crippen LogP contribution in [0.25, 0.3) is 203 Å². The van der Waals surface area contributed by atoms with Gasteiger partial charge in [-0.05, 0) is 103 Å². The topological polar surface area (TPSA) is 201 Å². The number of nitrogens with zero attached hydrogens (tertiary/aromatic N) is 16. The first-order valence-electron chi connectivity index (χ1n) is 36.6. The summed E-state index contributed by atoms with van der Waals surface area (Å²) in [4.78, 5) is 67.5. The van der Waals surface area contributed by atoms with Crippen molar-refractivity contribution in [3.05, 3.63) is 358 Å². The standard InChI is InChI=1S/C96H58N16/c97-59-60-43-48-82(111-78-49-44-69(93-103-85(61-26-9-1-10-27-61)99-86(104-93)62-28-11-2-12-29-62)55-73(78)74-56-70(45-50-79(74)111)94-105-87(63-30-13-3-14-31-63)100-88(106-94)64-32-15-4-16-33-64)77(54-60)84-83(42-25-53-98-84)112-80-51-46-71(95-107-89(65-34-17-5-18-35-65)101-90(108-95)66-36-19-6-20-37-66)57-75(80)76-58-72(47-52-81(76)112)96-109-91(67-38-21-7-22-39-67)102-92(110-96)68-40-23-8-24-41-68/h1-58H. The largest absolute Gasteiger partial charge is 0.309 e. The molecule has 522 valence electrons. The first-order valence-corrected chi connectivity index (χ1v) is 36.6. The molecule has 0 saturated carbocycles. The summed E-state index contributed by atoms with van der Waals surface area (Å²) in [6.07, 6.45) is 1.81. The summed E-state index contributed by atoms with van der Waals surface area (Å²) in [6.45, 7) is 0. The summed E-state index contributed by atoms with van der Waals surface area (Å²) < 4.78 is 4.52. The molecule has 13 aromatic carbocycles. The monoisotopic (exact) mass is 1430 g/mol. The molecule has 0 bridgehead atoms. The predicted molar refractivity (Wildman–Crippen MR) is 442 cm³/mol. The molecule has 7 aromatic heterocycles. The van der Waals surface area contributed by atoms with E-state index >= 15 is 0 Å². The highest BCUT2D eigenvalue weighted by atomic mass is 15.1. The van der Waals surface area contributed by atoms with E-state index in [1.165, 1.54) is 0 Å². The quantitative estimate of drug-likeness (QED) is 0.0938. The zero-order chi connectivity index (χ0) is 74.4. The van der Waals surface area contributed by atoms with Gasteiger partial charge in [0.15, 0.2) is 69.9 Å². The fourth-order valence-corrected chi connectivity index (χ4v) is 14.6. The molecule has 112 heavy (non-hydrogen) atoms. The number of pyridine rings is 1. The normalized spacial score (nSPS) is 11.4. The van der Waals surface area contributed by atoms with E-state index < -0.39 is 0 Å². The van der Waals surface area contributed by atoms with Crippen LogP contribution < -0.4 is 0 Å². The highest BCUT2D eigenvalue weighted by Crippen LogP contribution is 2.44. The molecule has 0 N–H and O–H groups in total. The van der Waals surface area contributed by atoms with E-state index in [0.717, 1.165) is 122 Å². The van der Waals surface area contributed by atoms with Crippen molar-refractivity contribution in [3.8, 4) is 165 Å². The van der Waals surface area contributed by atoms with Crippen LogP contribution in [0, 0.1) is 11.3 Å². The van der Waals surface area contributed by atoms with Crippen LogP contribution in [0.5, 0.6) is 0 Å². The van der Waals surface area contributed by atoms with Gasteiger partial charge in [-0.2, -0.15) is 5.26 Å². The zero-order valence-electron chi connectivity index (χ0n) is 59.6. The van der Waals surface area contributed by atoms with E-state index in [4.69, 9.17) is 64.8 Å². The fourth-order valence-electron chi connectivity index (χ4n) is 14.6. The van der Waals surface area contributed by atoms with Gasteiger partial charge in [0, 0.05) is 100 Å². The smallest absolute Gasteiger partial charge is 0.164 e. The molecular formula is C96H58N16. The molecule has 20 aromatic rings. The van der Waals surface area contributed by atoms with Crippen LogP contribution >= 0.6 is 0 Å². The summed E-state index contributed by atoms with van der Waals surface area (Å²) in [7, 11) is 0. The number of rotatable bonds is 15. The van der Waals surface area contributed by atoms with Gasteiger partial charge >= 0.3 is 0 Å². The minimum atomic E-state index is 0.443. The highest BCUT2D eigenvalue weighted by molar-refractivity contribution is 6.14. The summed E-state index contributed by atoms with van der Waals surface area (Å²) in [5.41, 5.74) is 16.6. The molecule has 0 saturated heterocycles. The van der Waals surface area contributed by atoms with Gasteiger partial charge in [0.25, 0.3) is 0 Å². The lowest BCUT2D eigenvalue weighted by Crippen LogP contribution is -2.04. The Bertz CT molecular complexity index is 6450. The molecule has 0 fully saturated rings. The van der Waals surface area contributed by atoms with E-state index in [2.05, 4.69) is 94.1 Å². The van der Waals surface area contributed by atoms with Gasteiger partial charge < -0.3 is 9.13 Å². The Morgan fingerprint density at radius 2 is 0.438 bits per heavy atom. The first kappa shape index (κ1) is 65.6. The molecule has 0 atom stereocenters. The second-order valence-electron chi connectivity index (χ2n) is 27.0. The number of aromatic nitrogens is 15. The molecule has 0 aliphatic carbocycles. The molecule has 0 unspecified atom stereocenters. The molecule has 0 amide bonds. The molecule has 0 radical (unpaired) electrons. The van der Waals surface area contributed by atoms with Crippen molar-refractivity contribution in [2.75, 3.05) is 0 Å². The minimum absolute atomic E-state index is 0.443. The van der Waals surface area contributed by atoms with E-state index in [1.807, 2.05) is 273 Å². The van der Waals surface area contributed by atoms with Crippen molar-refractivity contribution in [3.63, 3.8) is 0 Å². The van der Waals surface area contributed by atoms with Crippen molar-refractivity contribution in [1.82, 2.24) is 73.9 Å². The molecule has 16 nitrogen and oxygen atoms in total. The van der Waals surface area contributed by atoms with Crippen LogP contribution in [0.4, 0.5) is 0 Å². The second kappa shape index (κ2) is 28.1. The van der Waals surface area contributed by atoms with Gasteiger partial charge in [-0.3, -0.25) is 4.98 Å². The number of hydrogen-bond acceptors (Lipinski definition) is 14.